The molecule has 27 heavy (non-hydrogen) atoms. The summed E-state index contributed by atoms with van der Waals surface area (Å²) < 4.78 is 0. The molecule has 2 unspecified atom stereocenters. The van der Waals surface area contributed by atoms with Gasteiger partial charge in [0.2, 0.25) is 0 Å². The average Bonchev–Trinajstić information content (AvgIpc) is 3.18. The number of hydrogen-bond donors (Lipinski definition) is 2. The maximum Gasteiger partial charge on any atom is 0.252 e. The lowest BCUT2D eigenvalue weighted by molar-refractivity contribution is 0.0921. The van der Waals surface area contributed by atoms with Crippen molar-refractivity contribution in [2.45, 2.75) is 61.4 Å². The number of piperidine rings is 1. The number of thiazole rings is 1. The van der Waals surface area contributed by atoms with Gasteiger partial charge in [-0.2, -0.15) is 0 Å². The number of carbonyl (C=O) groups is 1. The van der Waals surface area contributed by atoms with Crippen molar-refractivity contribution in [3.8, 4) is 0 Å². The molecule has 2 aliphatic rings. The summed E-state index contributed by atoms with van der Waals surface area (Å²) in [6.45, 7) is 2.02. The van der Waals surface area contributed by atoms with Crippen LogP contribution < -0.4 is 10.6 Å². The normalized spacial score (nSPS) is 23.2. The van der Waals surface area contributed by atoms with Crippen LogP contribution in [-0.2, 0) is 5.75 Å². The minimum absolute atomic E-state index is 0. The predicted molar refractivity (Wildman–Crippen MR) is 118 cm³/mol. The Morgan fingerprint density at radius 2 is 1.96 bits per heavy atom. The number of amides is 1. The lowest BCUT2D eigenvalue weighted by Gasteiger charge is -2.29. The smallest absolute Gasteiger partial charge is 0.252 e. The fourth-order valence-electron chi connectivity index (χ4n) is 3.84. The third kappa shape index (κ3) is 5.61. The number of aromatic nitrogens is 1. The zero-order valence-corrected chi connectivity index (χ0v) is 18.4. The standard InChI is InChI=1S/C19H23N3OS2.2ClH/c1-12-20-16(10-24-12)11-25-18-5-3-2-4-17(18)19(23)22-15-8-13-6-7-14(9-15)21-13;;/h2-5,10,13-15,21H,6-9,11H2,1H3,(H,22,23);2*1H. The van der Waals surface area contributed by atoms with E-state index >= 15 is 0 Å². The molecule has 1 aromatic carbocycles. The number of nitrogens with zero attached hydrogens (tertiary/aromatic N) is 1. The molecule has 0 saturated carbocycles. The number of halogens is 2. The van der Waals surface area contributed by atoms with Crippen molar-refractivity contribution in [1.29, 1.82) is 0 Å². The Bertz CT molecular complexity index is 759. The maximum absolute atomic E-state index is 12.8. The van der Waals surface area contributed by atoms with Crippen LogP contribution in [0.5, 0.6) is 0 Å². The molecule has 4 nitrogen and oxygen atoms in total. The van der Waals surface area contributed by atoms with Crippen LogP contribution in [-0.4, -0.2) is 29.0 Å². The van der Waals surface area contributed by atoms with Crippen LogP contribution in [0.2, 0.25) is 0 Å². The topological polar surface area (TPSA) is 54.0 Å². The van der Waals surface area contributed by atoms with Crippen molar-refractivity contribution in [3.05, 3.63) is 45.9 Å². The van der Waals surface area contributed by atoms with Gasteiger partial charge in [-0.15, -0.1) is 47.9 Å². The average molecular weight is 446 g/mol. The fourth-order valence-corrected chi connectivity index (χ4v) is 5.50. The molecule has 2 saturated heterocycles. The first-order chi connectivity index (χ1) is 12.2. The van der Waals surface area contributed by atoms with Gasteiger partial charge in [0.1, 0.15) is 0 Å². The molecule has 2 atom stereocenters. The van der Waals surface area contributed by atoms with E-state index in [-0.39, 0.29) is 30.7 Å². The van der Waals surface area contributed by atoms with Gasteiger partial charge >= 0.3 is 0 Å². The zero-order valence-electron chi connectivity index (χ0n) is 15.1. The van der Waals surface area contributed by atoms with Crippen molar-refractivity contribution in [1.82, 2.24) is 15.6 Å². The van der Waals surface area contributed by atoms with E-state index < -0.39 is 0 Å². The molecule has 3 heterocycles. The molecule has 2 N–H and O–H groups in total. The molecule has 148 valence electrons. The molecule has 8 heteroatoms. The van der Waals surface area contributed by atoms with Crippen LogP contribution in [0.4, 0.5) is 0 Å². The molecule has 0 spiro atoms. The molecule has 2 aliphatic heterocycles. The third-order valence-electron chi connectivity index (χ3n) is 4.98. The zero-order chi connectivity index (χ0) is 17.2. The lowest BCUT2D eigenvalue weighted by atomic mass is 9.99. The van der Waals surface area contributed by atoms with Crippen molar-refractivity contribution < 1.29 is 4.79 Å². The van der Waals surface area contributed by atoms with E-state index in [0.717, 1.165) is 39.8 Å². The van der Waals surface area contributed by atoms with Gasteiger partial charge in [0.15, 0.2) is 0 Å². The van der Waals surface area contributed by atoms with E-state index in [1.54, 1.807) is 23.1 Å². The van der Waals surface area contributed by atoms with Gasteiger partial charge in [0, 0.05) is 34.2 Å². The predicted octanol–water partition coefficient (Wildman–Crippen LogP) is 4.60. The summed E-state index contributed by atoms with van der Waals surface area (Å²) in [4.78, 5) is 18.4. The highest BCUT2D eigenvalue weighted by atomic mass is 35.5. The van der Waals surface area contributed by atoms with E-state index in [2.05, 4.69) is 21.0 Å². The monoisotopic (exact) mass is 445 g/mol. The highest BCUT2D eigenvalue weighted by Crippen LogP contribution is 2.29. The quantitative estimate of drug-likeness (QED) is 0.660. The Morgan fingerprint density at radius 3 is 2.63 bits per heavy atom. The number of thioether (sulfide) groups is 1. The minimum Gasteiger partial charge on any atom is -0.349 e. The Labute approximate surface area is 181 Å². The Balaban J connectivity index is 0.00000131. The second-order valence-corrected chi connectivity index (χ2v) is 9.00. The summed E-state index contributed by atoms with van der Waals surface area (Å²) in [5.41, 5.74) is 1.86. The van der Waals surface area contributed by atoms with Crippen LogP contribution in [0.3, 0.4) is 0 Å². The Kier molecular flexibility index (Phi) is 8.43. The van der Waals surface area contributed by atoms with Crippen molar-refractivity contribution in [2.75, 3.05) is 0 Å². The van der Waals surface area contributed by atoms with Crippen LogP contribution in [0, 0.1) is 6.92 Å². The molecular formula is C19H25Cl2N3OS2. The summed E-state index contributed by atoms with van der Waals surface area (Å²) in [5.74, 6) is 0.857. The van der Waals surface area contributed by atoms with E-state index in [0.29, 0.717) is 18.1 Å². The van der Waals surface area contributed by atoms with Crippen LogP contribution in [0.15, 0.2) is 34.5 Å². The van der Waals surface area contributed by atoms with Gasteiger partial charge in [-0.25, -0.2) is 4.98 Å². The number of benzene rings is 1. The molecule has 1 aromatic heterocycles. The first-order valence-electron chi connectivity index (χ1n) is 8.87. The molecule has 2 fully saturated rings. The van der Waals surface area contributed by atoms with Gasteiger partial charge in [0.05, 0.1) is 16.3 Å². The van der Waals surface area contributed by atoms with Crippen LogP contribution >= 0.6 is 47.9 Å². The lowest BCUT2D eigenvalue weighted by Crippen LogP contribution is -2.48. The van der Waals surface area contributed by atoms with Crippen molar-refractivity contribution in [2.24, 2.45) is 0 Å². The van der Waals surface area contributed by atoms with E-state index in [9.17, 15) is 4.79 Å². The highest BCUT2D eigenvalue weighted by molar-refractivity contribution is 7.98. The van der Waals surface area contributed by atoms with Gasteiger partial charge in [-0.1, -0.05) is 12.1 Å². The SMILES string of the molecule is Cc1nc(CSc2ccccc2C(=O)NC2CC3CCC(C2)N3)cs1.Cl.Cl. The van der Waals surface area contributed by atoms with Crippen molar-refractivity contribution >= 4 is 53.8 Å². The highest BCUT2D eigenvalue weighted by Gasteiger charge is 2.34. The van der Waals surface area contributed by atoms with E-state index in [4.69, 9.17) is 0 Å². The van der Waals surface area contributed by atoms with Gasteiger partial charge in [-0.3, -0.25) is 4.79 Å². The summed E-state index contributed by atoms with van der Waals surface area (Å²) >= 11 is 3.36. The number of nitrogens with one attached hydrogen (secondary N) is 2. The molecular weight excluding hydrogens is 421 g/mol. The number of fused-ring (bicyclic) bond motifs is 2. The number of hydrogen-bond acceptors (Lipinski definition) is 5. The van der Waals surface area contributed by atoms with Crippen molar-refractivity contribution in [3.63, 3.8) is 0 Å². The first-order valence-corrected chi connectivity index (χ1v) is 10.7. The number of rotatable bonds is 5. The Hall–Kier alpha value is -0.790. The summed E-state index contributed by atoms with van der Waals surface area (Å²) in [7, 11) is 0. The fraction of sp³-hybridized carbons (Fsp3) is 0.474. The second kappa shape index (κ2) is 10.1. The number of aryl methyl sites for hydroxylation is 1. The Morgan fingerprint density at radius 1 is 1.26 bits per heavy atom. The molecule has 4 rings (SSSR count). The maximum atomic E-state index is 12.8. The molecule has 0 radical (unpaired) electrons. The third-order valence-corrected chi connectivity index (χ3v) is 6.91. The van der Waals surface area contributed by atoms with Gasteiger partial charge in [0.25, 0.3) is 5.91 Å². The molecule has 0 aliphatic carbocycles. The minimum atomic E-state index is 0. The van der Waals surface area contributed by atoms with Gasteiger partial charge in [-0.05, 0) is 44.7 Å². The van der Waals surface area contributed by atoms with E-state index in [1.807, 2.05) is 31.2 Å². The van der Waals surface area contributed by atoms with Gasteiger partial charge < -0.3 is 10.6 Å². The summed E-state index contributed by atoms with van der Waals surface area (Å²) in [6, 6.07) is 9.37. The van der Waals surface area contributed by atoms with E-state index in [1.165, 1.54) is 12.8 Å². The number of carbonyl (C=O) groups excluding carboxylic acids is 1. The molecule has 2 bridgehead atoms. The molecule has 2 aromatic rings. The summed E-state index contributed by atoms with van der Waals surface area (Å²) in [6.07, 6.45) is 4.60. The molecule has 1 amide bonds. The second-order valence-electron chi connectivity index (χ2n) is 6.92. The van der Waals surface area contributed by atoms with Crippen LogP contribution in [0.1, 0.15) is 46.7 Å². The largest absolute Gasteiger partial charge is 0.349 e. The summed E-state index contributed by atoms with van der Waals surface area (Å²) in [5, 5.41) is 10.1. The first kappa shape index (κ1) is 22.5. The van der Waals surface area contributed by atoms with Crippen LogP contribution in [0.25, 0.3) is 0 Å².